The Morgan fingerprint density at radius 1 is 1.50 bits per heavy atom. The fraction of sp³-hybridized carbons (Fsp3) is 0.889. The summed E-state index contributed by atoms with van der Waals surface area (Å²) in [5.41, 5.74) is 0. The molecule has 1 saturated carbocycles. The summed E-state index contributed by atoms with van der Waals surface area (Å²) in [6.45, 7) is 4.23. The van der Waals surface area contributed by atoms with E-state index in [0.717, 1.165) is 12.8 Å². The van der Waals surface area contributed by atoms with Gasteiger partial charge in [0, 0.05) is 12.1 Å². The highest BCUT2D eigenvalue weighted by Gasteiger charge is 2.35. The zero-order valence-corrected chi connectivity index (χ0v) is 7.96. The first-order valence-corrected chi connectivity index (χ1v) is 4.47. The molecule has 0 atom stereocenters. The van der Waals surface area contributed by atoms with E-state index in [9.17, 15) is 4.79 Å². The Morgan fingerprint density at radius 3 is 2.50 bits per heavy atom. The molecule has 1 fully saturated rings. The largest absolute Gasteiger partial charge is 0.469 e. The third-order valence-electron chi connectivity index (χ3n) is 2.24. The molecule has 0 saturated heterocycles. The van der Waals surface area contributed by atoms with Gasteiger partial charge in [-0.25, -0.2) is 0 Å². The molecule has 0 spiro atoms. The van der Waals surface area contributed by atoms with Gasteiger partial charge in [0.1, 0.15) is 0 Å². The maximum Gasteiger partial charge on any atom is 0.308 e. The zero-order valence-electron chi connectivity index (χ0n) is 7.96. The molecular weight excluding hydrogens is 154 g/mol. The topological polar surface area (TPSA) is 38.3 Å². The molecule has 1 N–H and O–H groups in total. The van der Waals surface area contributed by atoms with Crippen LogP contribution in [0.25, 0.3) is 0 Å². The van der Waals surface area contributed by atoms with Gasteiger partial charge in [-0.05, 0) is 12.8 Å². The van der Waals surface area contributed by atoms with Crippen LogP contribution in [0.1, 0.15) is 26.7 Å². The highest BCUT2D eigenvalue weighted by molar-refractivity contribution is 5.73. The van der Waals surface area contributed by atoms with Crippen molar-refractivity contribution in [2.45, 2.75) is 38.8 Å². The number of ether oxygens (including phenoxy) is 1. The molecule has 0 aromatic rings. The molecule has 0 aliphatic heterocycles. The molecule has 0 aromatic heterocycles. The Balaban J connectivity index is 2.15. The standard InChI is InChI=1S/C9H17NO2/c1-6(2)10-8-4-7(5-8)9(11)12-3/h6-8,10H,4-5H2,1-3H3. The Labute approximate surface area is 73.5 Å². The minimum atomic E-state index is -0.0585. The van der Waals surface area contributed by atoms with Crippen molar-refractivity contribution in [1.29, 1.82) is 0 Å². The van der Waals surface area contributed by atoms with Gasteiger partial charge in [0.05, 0.1) is 13.0 Å². The van der Waals surface area contributed by atoms with Crippen LogP contribution in [0.5, 0.6) is 0 Å². The molecule has 70 valence electrons. The molecular formula is C9H17NO2. The van der Waals surface area contributed by atoms with Gasteiger partial charge in [0.2, 0.25) is 0 Å². The second-order valence-electron chi connectivity index (χ2n) is 3.71. The van der Waals surface area contributed by atoms with E-state index < -0.39 is 0 Å². The lowest BCUT2D eigenvalue weighted by Gasteiger charge is -2.35. The Hall–Kier alpha value is -0.570. The first-order chi connectivity index (χ1) is 5.63. The van der Waals surface area contributed by atoms with Crippen LogP contribution >= 0.6 is 0 Å². The van der Waals surface area contributed by atoms with E-state index >= 15 is 0 Å². The molecule has 0 bridgehead atoms. The summed E-state index contributed by atoms with van der Waals surface area (Å²) in [6, 6.07) is 1.03. The van der Waals surface area contributed by atoms with Crippen molar-refractivity contribution in [3.8, 4) is 0 Å². The minimum absolute atomic E-state index is 0.0585. The first-order valence-electron chi connectivity index (χ1n) is 4.47. The molecule has 1 aliphatic rings. The first kappa shape index (κ1) is 9.52. The van der Waals surface area contributed by atoms with Crippen LogP contribution in [-0.2, 0) is 9.53 Å². The SMILES string of the molecule is COC(=O)C1CC(NC(C)C)C1. The van der Waals surface area contributed by atoms with Gasteiger partial charge >= 0.3 is 5.97 Å². The number of hydrogen-bond donors (Lipinski definition) is 1. The third kappa shape index (κ3) is 2.21. The van der Waals surface area contributed by atoms with Crippen LogP contribution in [-0.4, -0.2) is 25.2 Å². The molecule has 0 unspecified atom stereocenters. The minimum Gasteiger partial charge on any atom is -0.469 e. The van der Waals surface area contributed by atoms with Gasteiger partial charge in [-0.2, -0.15) is 0 Å². The van der Waals surface area contributed by atoms with Gasteiger partial charge in [0.15, 0.2) is 0 Å². The zero-order chi connectivity index (χ0) is 9.14. The van der Waals surface area contributed by atoms with Gasteiger partial charge in [-0.3, -0.25) is 4.79 Å². The highest BCUT2D eigenvalue weighted by Crippen LogP contribution is 2.28. The number of nitrogens with one attached hydrogen (secondary N) is 1. The van der Waals surface area contributed by atoms with Crippen LogP contribution < -0.4 is 5.32 Å². The lowest BCUT2D eigenvalue weighted by molar-refractivity contribution is -0.149. The van der Waals surface area contributed by atoms with E-state index in [-0.39, 0.29) is 11.9 Å². The van der Waals surface area contributed by atoms with Crippen molar-refractivity contribution in [2.75, 3.05) is 7.11 Å². The Morgan fingerprint density at radius 2 is 2.08 bits per heavy atom. The van der Waals surface area contributed by atoms with Gasteiger partial charge in [-0.15, -0.1) is 0 Å². The fourth-order valence-electron chi connectivity index (χ4n) is 1.58. The number of hydrogen-bond acceptors (Lipinski definition) is 3. The summed E-state index contributed by atoms with van der Waals surface area (Å²) in [6.07, 6.45) is 1.87. The average molecular weight is 171 g/mol. The normalized spacial score (nSPS) is 28.3. The van der Waals surface area contributed by atoms with Crippen molar-refractivity contribution in [2.24, 2.45) is 5.92 Å². The van der Waals surface area contributed by atoms with Crippen LogP contribution in [0.3, 0.4) is 0 Å². The molecule has 1 rings (SSSR count). The third-order valence-corrected chi connectivity index (χ3v) is 2.24. The number of methoxy groups -OCH3 is 1. The lowest BCUT2D eigenvalue weighted by atomic mass is 9.80. The molecule has 0 radical (unpaired) electrons. The summed E-state index contributed by atoms with van der Waals surface area (Å²) >= 11 is 0. The summed E-state index contributed by atoms with van der Waals surface area (Å²) in [4.78, 5) is 11.0. The van der Waals surface area contributed by atoms with E-state index in [1.54, 1.807) is 0 Å². The highest BCUT2D eigenvalue weighted by atomic mass is 16.5. The molecule has 1 aliphatic carbocycles. The van der Waals surface area contributed by atoms with Crippen molar-refractivity contribution >= 4 is 5.97 Å². The summed E-state index contributed by atoms with van der Waals surface area (Å²) in [5, 5.41) is 3.38. The number of rotatable bonds is 3. The fourth-order valence-corrected chi connectivity index (χ4v) is 1.58. The Kier molecular flexibility index (Phi) is 3.09. The second kappa shape index (κ2) is 3.90. The average Bonchev–Trinajstić information content (AvgIpc) is 1.94. The molecule has 0 heterocycles. The smallest absolute Gasteiger partial charge is 0.308 e. The maximum atomic E-state index is 11.0. The monoisotopic (exact) mass is 171 g/mol. The van der Waals surface area contributed by atoms with Gasteiger partial charge in [-0.1, -0.05) is 13.8 Å². The van der Waals surface area contributed by atoms with E-state index in [1.165, 1.54) is 7.11 Å². The van der Waals surface area contributed by atoms with Crippen molar-refractivity contribution in [3.05, 3.63) is 0 Å². The quantitative estimate of drug-likeness (QED) is 0.642. The molecule has 0 aromatic carbocycles. The second-order valence-corrected chi connectivity index (χ2v) is 3.71. The van der Waals surface area contributed by atoms with Crippen LogP contribution in [0.2, 0.25) is 0 Å². The van der Waals surface area contributed by atoms with E-state index in [4.69, 9.17) is 0 Å². The van der Waals surface area contributed by atoms with Crippen LogP contribution in [0.4, 0.5) is 0 Å². The maximum absolute atomic E-state index is 11.0. The summed E-state index contributed by atoms with van der Waals surface area (Å²) in [7, 11) is 1.45. The lowest BCUT2D eigenvalue weighted by Crippen LogP contribution is -2.47. The molecule has 3 heteroatoms. The van der Waals surface area contributed by atoms with Crippen LogP contribution in [0.15, 0.2) is 0 Å². The van der Waals surface area contributed by atoms with Gasteiger partial charge < -0.3 is 10.1 Å². The molecule has 0 amide bonds. The van der Waals surface area contributed by atoms with Crippen molar-refractivity contribution in [3.63, 3.8) is 0 Å². The van der Waals surface area contributed by atoms with E-state index in [0.29, 0.717) is 12.1 Å². The van der Waals surface area contributed by atoms with E-state index in [1.807, 2.05) is 0 Å². The number of esters is 1. The molecule has 3 nitrogen and oxygen atoms in total. The van der Waals surface area contributed by atoms with Crippen LogP contribution in [0, 0.1) is 5.92 Å². The predicted molar refractivity (Wildman–Crippen MR) is 46.8 cm³/mol. The van der Waals surface area contributed by atoms with Gasteiger partial charge in [0.25, 0.3) is 0 Å². The van der Waals surface area contributed by atoms with E-state index in [2.05, 4.69) is 23.9 Å². The number of carbonyl (C=O) groups excluding carboxylic acids is 1. The van der Waals surface area contributed by atoms with Crippen molar-refractivity contribution in [1.82, 2.24) is 5.32 Å². The van der Waals surface area contributed by atoms with Crippen molar-refractivity contribution < 1.29 is 9.53 Å². The summed E-state index contributed by atoms with van der Waals surface area (Å²) in [5.74, 6) is 0.0862. The predicted octanol–water partition coefficient (Wildman–Crippen LogP) is 0.936. The number of carbonyl (C=O) groups is 1. The Bertz CT molecular complexity index is 162. The summed E-state index contributed by atoms with van der Waals surface area (Å²) < 4.78 is 4.64. The molecule has 12 heavy (non-hydrogen) atoms.